The molecule has 13 heteroatoms. The summed E-state index contributed by atoms with van der Waals surface area (Å²) in [5, 5.41) is 2.47. The molecule has 0 bridgehead atoms. The number of alkyl halides is 3. The van der Waals surface area contributed by atoms with Gasteiger partial charge in [-0.2, -0.15) is 13.2 Å². The number of carbonyl (C=O) groups is 2. The van der Waals surface area contributed by atoms with E-state index in [0.717, 1.165) is 24.0 Å². The van der Waals surface area contributed by atoms with Crippen molar-refractivity contribution in [2.45, 2.75) is 32.1 Å². The van der Waals surface area contributed by atoms with Gasteiger partial charge in [0.1, 0.15) is 12.6 Å². The maximum Gasteiger partial charge on any atom is 0.417 e. The summed E-state index contributed by atoms with van der Waals surface area (Å²) in [5.74, 6) is -1.30. The Balaban J connectivity index is 2.09. The van der Waals surface area contributed by atoms with E-state index in [-0.39, 0.29) is 19.5 Å². The number of likely N-dealkylation sites (N-methyl/N-ethyl adjacent to an activating group) is 1. The monoisotopic (exact) mass is 629 g/mol. The lowest BCUT2D eigenvalue weighted by Crippen LogP contribution is -2.53. The molecule has 3 rings (SSSR count). The number of amides is 2. The molecule has 3 aromatic carbocycles. The number of carbonyl (C=O) groups excluding carboxylic acids is 2. The summed E-state index contributed by atoms with van der Waals surface area (Å²) in [4.78, 5) is 28.4. The Morgan fingerprint density at radius 1 is 0.951 bits per heavy atom. The molecule has 0 radical (unpaired) electrons. The van der Waals surface area contributed by atoms with E-state index in [4.69, 9.17) is 23.2 Å². The summed E-state index contributed by atoms with van der Waals surface area (Å²) in [5.41, 5.74) is -0.360. The van der Waals surface area contributed by atoms with Crippen LogP contribution in [0.2, 0.25) is 10.0 Å². The quantitative estimate of drug-likeness (QED) is 0.301. The number of halogens is 5. The Kier molecular flexibility index (Phi) is 10.7. The first-order valence-electron chi connectivity index (χ1n) is 12.4. The van der Waals surface area contributed by atoms with Crippen molar-refractivity contribution in [2.75, 3.05) is 23.7 Å². The molecule has 0 saturated carbocycles. The molecule has 0 saturated heterocycles. The fraction of sp³-hybridized carbons (Fsp3) is 0.286. The first-order chi connectivity index (χ1) is 19.2. The second kappa shape index (κ2) is 13.6. The zero-order valence-electron chi connectivity index (χ0n) is 22.2. The summed E-state index contributed by atoms with van der Waals surface area (Å²) in [6, 6.07) is 17.0. The third kappa shape index (κ3) is 8.85. The van der Waals surface area contributed by atoms with E-state index in [1.54, 1.807) is 61.5 Å². The topological polar surface area (TPSA) is 86.8 Å². The van der Waals surface area contributed by atoms with Gasteiger partial charge in [-0.1, -0.05) is 65.7 Å². The van der Waals surface area contributed by atoms with Crippen LogP contribution in [0.4, 0.5) is 18.9 Å². The first-order valence-corrected chi connectivity index (χ1v) is 15.0. The van der Waals surface area contributed by atoms with E-state index in [1.165, 1.54) is 4.90 Å². The van der Waals surface area contributed by atoms with E-state index in [9.17, 15) is 31.2 Å². The molecule has 0 aliphatic rings. The number of benzene rings is 3. The zero-order chi connectivity index (χ0) is 30.4. The molecule has 0 aliphatic carbocycles. The van der Waals surface area contributed by atoms with Crippen LogP contribution in [-0.2, 0) is 38.8 Å². The molecule has 0 fully saturated rings. The fourth-order valence-corrected chi connectivity index (χ4v) is 5.46. The van der Waals surface area contributed by atoms with Gasteiger partial charge in [-0.05, 0) is 48.4 Å². The molecule has 1 N–H and O–H groups in total. The van der Waals surface area contributed by atoms with Crippen LogP contribution in [0.25, 0.3) is 0 Å². The fourth-order valence-electron chi connectivity index (χ4n) is 4.18. The van der Waals surface area contributed by atoms with Crippen molar-refractivity contribution in [2.24, 2.45) is 0 Å². The van der Waals surface area contributed by atoms with Gasteiger partial charge in [-0.3, -0.25) is 13.9 Å². The van der Waals surface area contributed by atoms with Crippen LogP contribution in [0, 0.1) is 0 Å². The standard InChI is InChI=1S/C28H28Cl2F3N3O4S/c1-3-34-27(38)25(15-19-8-5-4-6-9-19)35(17-20-10-7-11-21(29)14-20)26(37)18-36(41(2,39)40)22-12-13-24(30)23(16-22)28(31,32)33/h4-14,16,25H,3,15,17-18H2,1-2H3,(H,34,38)/t25-/m0/s1. The van der Waals surface area contributed by atoms with Crippen molar-refractivity contribution in [3.63, 3.8) is 0 Å². The van der Waals surface area contributed by atoms with Crippen LogP contribution in [0.15, 0.2) is 72.8 Å². The van der Waals surface area contributed by atoms with Crippen LogP contribution in [-0.4, -0.2) is 50.5 Å². The smallest absolute Gasteiger partial charge is 0.355 e. The lowest BCUT2D eigenvalue weighted by molar-refractivity contribution is -0.140. The summed E-state index contributed by atoms with van der Waals surface area (Å²) in [6.45, 7) is 0.984. The largest absolute Gasteiger partial charge is 0.417 e. The minimum atomic E-state index is -4.86. The molecule has 3 aromatic rings. The molecule has 0 heterocycles. The summed E-state index contributed by atoms with van der Waals surface area (Å²) in [6.07, 6.45) is -4.00. The highest BCUT2D eigenvalue weighted by Crippen LogP contribution is 2.37. The number of hydrogen-bond donors (Lipinski definition) is 1. The van der Waals surface area contributed by atoms with Gasteiger partial charge in [0.25, 0.3) is 0 Å². The second-order valence-corrected chi connectivity index (χ2v) is 11.9. The van der Waals surface area contributed by atoms with Gasteiger partial charge >= 0.3 is 6.18 Å². The molecule has 220 valence electrons. The maximum absolute atomic E-state index is 13.9. The minimum absolute atomic E-state index is 0.0943. The summed E-state index contributed by atoms with van der Waals surface area (Å²) in [7, 11) is -4.26. The normalized spacial score (nSPS) is 12.5. The van der Waals surface area contributed by atoms with E-state index in [1.807, 2.05) is 0 Å². The van der Waals surface area contributed by atoms with Gasteiger partial charge in [0.2, 0.25) is 21.8 Å². The Morgan fingerprint density at radius 3 is 2.20 bits per heavy atom. The highest BCUT2D eigenvalue weighted by Gasteiger charge is 2.36. The third-order valence-corrected chi connectivity index (χ3v) is 7.79. The van der Waals surface area contributed by atoms with Crippen LogP contribution < -0.4 is 9.62 Å². The number of anilines is 1. The van der Waals surface area contributed by atoms with Crippen LogP contribution in [0.5, 0.6) is 0 Å². The van der Waals surface area contributed by atoms with Crippen LogP contribution >= 0.6 is 23.2 Å². The first kappa shape index (κ1) is 32.2. The maximum atomic E-state index is 13.9. The van der Waals surface area contributed by atoms with Crippen molar-refractivity contribution in [3.05, 3.63) is 99.5 Å². The number of rotatable bonds is 11. The van der Waals surface area contributed by atoms with Crippen LogP contribution in [0.1, 0.15) is 23.6 Å². The zero-order valence-corrected chi connectivity index (χ0v) is 24.5. The van der Waals surface area contributed by atoms with Gasteiger partial charge in [0, 0.05) is 24.5 Å². The molecule has 0 aromatic heterocycles. The van der Waals surface area contributed by atoms with Gasteiger partial charge < -0.3 is 10.2 Å². The number of nitrogens with one attached hydrogen (secondary N) is 1. The Bertz CT molecular complexity index is 1490. The molecule has 2 amide bonds. The van der Waals surface area contributed by atoms with Gasteiger partial charge in [0.15, 0.2) is 0 Å². The Hall–Kier alpha value is -3.28. The van der Waals surface area contributed by atoms with Gasteiger partial charge in [-0.15, -0.1) is 0 Å². The number of nitrogens with zero attached hydrogens (tertiary/aromatic N) is 2. The third-order valence-electron chi connectivity index (χ3n) is 6.09. The average Bonchev–Trinajstić information content (AvgIpc) is 2.89. The highest BCUT2D eigenvalue weighted by molar-refractivity contribution is 7.92. The van der Waals surface area contributed by atoms with Crippen molar-refractivity contribution in [1.29, 1.82) is 0 Å². The second-order valence-electron chi connectivity index (χ2n) is 9.18. The predicted octanol–water partition coefficient (Wildman–Crippen LogP) is 5.55. The Morgan fingerprint density at radius 2 is 1.61 bits per heavy atom. The predicted molar refractivity (Wildman–Crippen MR) is 153 cm³/mol. The summed E-state index contributed by atoms with van der Waals surface area (Å²) >= 11 is 11.9. The van der Waals surface area contributed by atoms with E-state index < -0.39 is 56.9 Å². The van der Waals surface area contributed by atoms with Crippen molar-refractivity contribution >= 4 is 50.7 Å². The Labute approximate surface area is 246 Å². The van der Waals surface area contributed by atoms with Crippen molar-refractivity contribution < 1.29 is 31.2 Å². The lowest BCUT2D eigenvalue weighted by Gasteiger charge is -2.33. The molecular formula is C28H28Cl2F3N3O4S. The average molecular weight is 631 g/mol. The van der Waals surface area contributed by atoms with E-state index >= 15 is 0 Å². The number of sulfonamides is 1. The molecule has 41 heavy (non-hydrogen) atoms. The molecule has 7 nitrogen and oxygen atoms in total. The SMILES string of the molecule is CCNC(=O)[C@H](Cc1ccccc1)N(Cc1cccc(Cl)c1)C(=O)CN(c1ccc(Cl)c(C(F)(F)F)c1)S(C)(=O)=O. The van der Waals surface area contributed by atoms with E-state index in [0.29, 0.717) is 21.0 Å². The summed E-state index contributed by atoms with van der Waals surface area (Å²) < 4.78 is 66.8. The molecule has 0 aliphatic heterocycles. The molecular weight excluding hydrogens is 602 g/mol. The highest BCUT2D eigenvalue weighted by atomic mass is 35.5. The van der Waals surface area contributed by atoms with Crippen molar-refractivity contribution in [3.8, 4) is 0 Å². The minimum Gasteiger partial charge on any atom is -0.355 e. The van der Waals surface area contributed by atoms with E-state index in [2.05, 4.69) is 5.32 Å². The van der Waals surface area contributed by atoms with Crippen molar-refractivity contribution in [1.82, 2.24) is 10.2 Å². The van der Waals surface area contributed by atoms with Gasteiger partial charge in [-0.25, -0.2) is 8.42 Å². The lowest BCUT2D eigenvalue weighted by atomic mass is 10.0. The molecule has 1 atom stereocenters. The molecule has 0 unspecified atom stereocenters. The number of hydrogen-bond acceptors (Lipinski definition) is 4. The molecule has 0 spiro atoms. The van der Waals surface area contributed by atoms with Crippen LogP contribution in [0.3, 0.4) is 0 Å². The van der Waals surface area contributed by atoms with Gasteiger partial charge in [0.05, 0.1) is 22.5 Å².